The van der Waals surface area contributed by atoms with Crippen molar-refractivity contribution in [3.05, 3.63) is 36.4 Å². The number of imide groups is 1. The highest BCUT2D eigenvalue weighted by atomic mass is 16.5. The maximum Gasteiger partial charge on any atom is 0.236 e. The van der Waals surface area contributed by atoms with E-state index in [0.717, 1.165) is 76.1 Å². The molecule has 4 saturated heterocycles. The van der Waals surface area contributed by atoms with Crippen LogP contribution < -0.4 is 15.0 Å². The summed E-state index contributed by atoms with van der Waals surface area (Å²) in [5.74, 6) is 0.256. The average molecular weight is 553 g/mol. The molecular formula is C31H44N4O5. The van der Waals surface area contributed by atoms with Crippen molar-refractivity contribution < 1.29 is 23.9 Å². The van der Waals surface area contributed by atoms with Crippen molar-refractivity contribution in [2.24, 2.45) is 11.8 Å². The fourth-order valence-corrected chi connectivity index (χ4v) is 7.00. The number of benzene rings is 1. The molecule has 2 bridgehead atoms. The SMILES string of the molecule is C/C=C/CCCC(CCCNC(=O)CN1CCN(c2ccccc2OC)CC1)N1C(=O)C2C3CCC(O3)C2C1=O. The number of allylic oxidation sites excluding steroid dienone is 2. The molecule has 4 fully saturated rings. The van der Waals surface area contributed by atoms with Crippen LogP contribution in [0.5, 0.6) is 5.75 Å². The molecule has 40 heavy (non-hydrogen) atoms. The summed E-state index contributed by atoms with van der Waals surface area (Å²) in [6.45, 7) is 6.24. The summed E-state index contributed by atoms with van der Waals surface area (Å²) in [7, 11) is 1.69. The number of unbranched alkanes of at least 4 members (excludes halogenated alkanes) is 1. The van der Waals surface area contributed by atoms with Gasteiger partial charge in [0, 0.05) is 38.8 Å². The number of rotatable bonds is 13. The zero-order valence-corrected chi connectivity index (χ0v) is 23.9. The summed E-state index contributed by atoms with van der Waals surface area (Å²) in [5.41, 5.74) is 1.09. The smallest absolute Gasteiger partial charge is 0.236 e. The van der Waals surface area contributed by atoms with Gasteiger partial charge in [-0.3, -0.25) is 24.2 Å². The van der Waals surface area contributed by atoms with Gasteiger partial charge >= 0.3 is 0 Å². The van der Waals surface area contributed by atoms with Crippen molar-refractivity contribution in [2.45, 2.75) is 70.1 Å². The molecule has 4 heterocycles. The van der Waals surface area contributed by atoms with E-state index in [-0.39, 0.29) is 47.8 Å². The van der Waals surface area contributed by atoms with Gasteiger partial charge < -0.3 is 19.7 Å². The topological polar surface area (TPSA) is 91.4 Å². The molecule has 218 valence electrons. The molecule has 4 aliphatic heterocycles. The van der Waals surface area contributed by atoms with Crippen molar-refractivity contribution in [3.63, 3.8) is 0 Å². The number of piperazine rings is 1. The Labute approximate surface area is 237 Å². The number of para-hydroxylation sites is 2. The lowest BCUT2D eigenvalue weighted by molar-refractivity contribution is -0.145. The fourth-order valence-electron chi connectivity index (χ4n) is 7.00. The lowest BCUT2D eigenvalue weighted by Crippen LogP contribution is -2.49. The zero-order chi connectivity index (χ0) is 28.1. The molecule has 9 nitrogen and oxygen atoms in total. The van der Waals surface area contributed by atoms with Gasteiger partial charge in [0.15, 0.2) is 0 Å². The summed E-state index contributed by atoms with van der Waals surface area (Å²) in [5, 5.41) is 3.07. The predicted octanol–water partition coefficient (Wildman–Crippen LogP) is 2.99. The molecule has 1 N–H and O–H groups in total. The number of likely N-dealkylation sites (tertiary alicyclic amines) is 1. The number of nitrogens with zero attached hydrogens (tertiary/aromatic N) is 3. The summed E-state index contributed by atoms with van der Waals surface area (Å²) < 4.78 is 11.4. The molecule has 0 aromatic heterocycles. The Kier molecular flexibility index (Phi) is 9.42. The standard InChI is InChI=1S/C31H44N4O5/c1-3-4-5-6-10-22(35-30(37)28-25-14-15-26(40-25)29(28)31(35)38)11-9-16-32-27(36)21-33-17-19-34(20-18-33)23-12-7-8-13-24(23)39-2/h3-4,7-8,12-13,22,25-26,28-29H,5-6,9-11,14-21H2,1-2H3,(H,32,36)/b4-3+. The third kappa shape index (κ3) is 6.05. The van der Waals surface area contributed by atoms with E-state index in [9.17, 15) is 14.4 Å². The van der Waals surface area contributed by atoms with Crippen molar-refractivity contribution >= 4 is 23.4 Å². The van der Waals surface area contributed by atoms with Crippen molar-refractivity contribution in [3.8, 4) is 5.75 Å². The molecule has 5 unspecified atom stereocenters. The Morgan fingerprint density at radius 2 is 1.73 bits per heavy atom. The second-order valence-corrected chi connectivity index (χ2v) is 11.5. The molecule has 0 saturated carbocycles. The average Bonchev–Trinajstić information content (AvgIpc) is 3.66. The molecule has 5 rings (SSSR count). The van der Waals surface area contributed by atoms with E-state index in [1.165, 1.54) is 0 Å². The van der Waals surface area contributed by atoms with Crippen LogP contribution in [0, 0.1) is 11.8 Å². The predicted molar refractivity (Wildman–Crippen MR) is 153 cm³/mol. The minimum atomic E-state index is -0.285. The number of hydrogen-bond acceptors (Lipinski definition) is 7. The quantitative estimate of drug-likeness (QED) is 0.229. The molecule has 5 atom stereocenters. The highest BCUT2D eigenvalue weighted by Gasteiger charge is 2.63. The number of nitrogens with one attached hydrogen (secondary N) is 1. The molecule has 9 heteroatoms. The largest absolute Gasteiger partial charge is 0.495 e. The van der Waals surface area contributed by atoms with E-state index in [1.807, 2.05) is 31.2 Å². The maximum atomic E-state index is 13.4. The Bertz CT molecular complexity index is 1060. The van der Waals surface area contributed by atoms with Crippen LogP contribution in [-0.4, -0.2) is 92.1 Å². The lowest BCUT2D eigenvalue weighted by atomic mass is 9.81. The van der Waals surface area contributed by atoms with Crippen LogP contribution in [0.2, 0.25) is 0 Å². The highest BCUT2D eigenvalue weighted by Crippen LogP contribution is 2.49. The monoisotopic (exact) mass is 552 g/mol. The molecular weight excluding hydrogens is 508 g/mol. The van der Waals surface area contributed by atoms with Crippen molar-refractivity contribution in [1.29, 1.82) is 0 Å². The van der Waals surface area contributed by atoms with Gasteiger partial charge in [-0.25, -0.2) is 0 Å². The maximum absolute atomic E-state index is 13.4. The van der Waals surface area contributed by atoms with Crippen LogP contribution in [0.3, 0.4) is 0 Å². The first-order valence-electron chi connectivity index (χ1n) is 15.0. The Hall–Kier alpha value is -2.91. The normalized spacial score (nSPS) is 27.1. The van der Waals surface area contributed by atoms with Crippen molar-refractivity contribution in [2.75, 3.05) is 51.3 Å². The van der Waals surface area contributed by atoms with E-state index in [2.05, 4.69) is 27.3 Å². The molecule has 3 amide bonds. The van der Waals surface area contributed by atoms with Gasteiger partial charge in [0.05, 0.1) is 43.4 Å². The van der Waals surface area contributed by atoms with Crippen LogP contribution in [-0.2, 0) is 19.1 Å². The Balaban J connectivity index is 1.07. The highest BCUT2D eigenvalue weighted by molar-refractivity contribution is 6.06. The van der Waals surface area contributed by atoms with Gasteiger partial charge in [0.25, 0.3) is 0 Å². The number of ether oxygens (including phenoxy) is 2. The van der Waals surface area contributed by atoms with Crippen LogP contribution in [0.4, 0.5) is 5.69 Å². The first-order chi connectivity index (χ1) is 19.5. The molecule has 0 radical (unpaired) electrons. The van der Waals surface area contributed by atoms with E-state index in [0.29, 0.717) is 19.5 Å². The Morgan fingerprint density at radius 1 is 1.05 bits per heavy atom. The number of hydrogen-bond donors (Lipinski definition) is 1. The first kappa shape index (κ1) is 28.6. The molecule has 1 aromatic carbocycles. The number of methoxy groups -OCH3 is 1. The number of anilines is 1. The molecule has 0 spiro atoms. The molecule has 4 aliphatic rings. The summed E-state index contributed by atoms with van der Waals surface area (Å²) in [4.78, 5) is 45.5. The van der Waals surface area contributed by atoms with Gasteiger partial charge in [-0.15, -0.1) is 0 Å². The summed E-state index contributed by atoms with van der Waals surface area (Å²) in [6, 6.07) is 7.92. The van der Waals surface area contributed by atoms with Crippen LogP contribution in [0.1, 0.15) is 51.9 Å². The van der Waals surface area contributed by atoms with E-state index >= 15 is 0 Å². The third-order valence-corrected chi connectivity index (χ3v) is 9.03. The van der Waals surface area contributed by atoms with E-state index < -0.39 is 0 Å². The van der Waals surface area contributed by atoms with Crippen molar-refractivity contribution in [1.82, 2.24) is 15.1 Å². The fraction of sp³-hybridized carbons (Fsp3) is 0.645. The van der Waals surface area contributed by atoms with Gasteiger partial charge in [0.1, 0.15) is 5.75 Å². The van der Waals surface area contributed by atoms with Gasteiger partial charge in [-0.1, -0.05) is 24.3 Å². The second-order valence-electron chi connectivity index (χ2n) is 11.5. The third-order valence-electron chi connectivity index (χ3n) is 9.03. The number of amides is 3. The number of fused-ring (bicyclic) bond motifs is 5. The minimum absolute atomic E-state index is 0.0203. The second kappa shape index (κ2) is 13.2. The first-order valence-corrected chi connectivity index (χ1v) is 15.0. The number of carbonyl (C=O) groups excluding carboxylic acids is 3. The lowest BCUT2D eigenvalue weighted by Gasteiger charge is -2.36. The van der Waals surface area contributed by atoms with Gasteiger partial charge in [-0.2, -0.15) is 0 Å². The van der Waals surface area contributed by atoms with E-state index in [1.54, 1.807) is 12.0 Å². The van der Waals surface area contributed by atoms with E-state index in [4.69, 9.17) is 9.47 Å². The Morgan fingerprint density at radius 3 is 2.40 bits per heavy atom. The summed E-state index contributed by atoms with van der Waals surface area (Å²) >= 11 is 0. The molecule has 0 aliphatic carbocycles. The minimum Gasteiger partial charge on any atom is -0.495 e. The van der Waals surface area contributed by atoms with Crippen LogP contribution in [0.25, 0.3) is 0 Å². The molecule has 1 aromatic rings. The van der Waals surface area contributed by atoms with Crippen LogP contribution >= 0.6 is 0 Å². The number of carbonyl (C=O) groups is 3. The van der Waals surface area contributed by atoms with Gasteiger partial charge in [0.2, 0.25) is 17.7 Å². The van der Waals surface area contributed by atoms with Crippen LogP contribution in [0.15, 0.2) is 36.4 Å². The summed E-state index contributed by atoms with van der Waals surface area (Å²) in [6.07, 6.45) is 9.85. The van der Waals surface area contributed by atoms with Gasteiger partial charge in [-0.05, 0) is 64.0 Å². The zero-order valence-electron chi connectivity index (χ0n) is 23.9.